The zero-order valence-electron chi connectivity index (χ0n) is 20.9. The molecule has 1 aliphatic rings. The summed E-state index contributed by atoms with van der Waals surface area (Å²) in [5, 5.41) is 5.73. The number of carbonyl (C=O) groups is 2. The maximum Gasteiger partial charge on any atom is 0.271 e. The third-order valence-corrected chi connectivity index (χ3v) is 5.88. The van der Waals surface area contributed by atoms with E-state index in [1.807, 2.05) is 31.2 Å². The molecule has 1 aliphatic heterocycles. The van der Waals surface area contributed by atoms with Gasteiger partial charge in [-0.3, -0.25) is 9.59 Å². The number of hydrogen-bond donors (Lipinski definition) is 3. The smallest absolute Gasteiger partial charge is 0.271 e. The van der Waals surface area contributed by atoms with Gasteiger partial charge in [-0.2, -0.15) is 4.98 Å². The lowest BCUT2D eigenvalue weighted by molar-refractivity contribution is -0.111. The first-order valence-electron chi connectivity index (χ1n) is 11.9. The van der Waals surface area contributed by atoms with Crippen molar-refractivity contribution in [2.24, 2.45) is 5.73 Å². The summed E-state index contributed by atoms with van der Waals surface area (Å²) in [6.45, 7) is 9.27. The van der Waals surface area contributed by atoms with Gasteiger partial charge in [-0.25, -0.2) is 9.97 Å². The standard InChI is InChI=1S/C26H30N8O3/c1-4-20-26(37-19-10-11-28-21(16-19)31-22(35)5-2)32-25(23(30-20)24(27)36)29-17-6-8-18(9-7-17)34-14-12-33(3)13-15-34/h5-11,16H,2,4,12-15H2,1,3H3,(H2,27,36)(H,29,32)(H,28,31,35). The number of rotatable bonds is 9. The summed E-state index contributed by atoms with van der Waals surface area (Å²) in [4.78, 5) is 41.5. The van der Waals surface area contributed by atoms with Crippen molar-refractivity contribution >= 4 is 34.8 Å². The number of nitrogens with zero attached hydrogens (tertiary/aromatic N) is 5. The predicted octanol–water partition coefficient (Wildman–Crippen LogP) is 2.95. The molecule has 37 heavy (non-hydrogen) atoms. The summed E-state index contributed by atoms with van der Waals surface area (Å²) in [7, 11) is 2.12. The van der Waals surface area contributed by atoms with Crippen LogP contribution in [0, 0.1) is 0 Å². The molecule has 0 bridgehead atoms. The molecule has 0 atom stereocenters. The first-order chi connectivity index (χ1) is 17.9. The van der Waals surface area contributed by atoms with Crippen LogP contribution in [-0.2, 0) is 11.2 Å². The van der Waals surface area contributed by atoms with Crippen LogP contribution in [0.25, 0.3) is 0 Å². The normalized spacial score (nSPS) is 13.6. The molecule has 4 N–H and O–H groups in total. The highest BCUT2D eigenvalue weighted by Gasteiger charge is 2.19. The minimum atomic E-state index is -0.705. The van der Waals surface area contributed by atoms with Gasteiger partial charge in [0.1, 0.15) is 17.3 Å². The number of piperazine rings is 1. The van der Waals surface area contributed by atoms with Crippen molar-refractivity contribution in [1.82, 2.24) is 19.9 Å². The molecule has 2 aromatic heterocycles. The maximum absolute atomic E-state index is 12.2. The lowest BCUT2D eigenvalue weighted by Crippen LogP contribution is -2.44. The average molecular weight is 503 g/mol. The molecule has 4 rings (SSSR count). The SMILES string of the molecule is C=CC(=O)Nc1cc(Oc2nc(Nc3ccc(N4CCN(C)CC4)cc3)c(C(N)=O)nc2CC)ccn1. The molecule has 1 saturated heterocycles. The Morgan fingerprint density at radius 2 is 1.86 bits per heavy atom. The Kier molecular flexibility index (Phi) is 7.94. The highest BCUT2D eigenvalue weighted by atomic mass is 16.5. The van der Waals surface area contributed by atoms with Gasteiger partial charge in [-0.1, -0.05) is 13.5 Å². The lowest BCUT2D eigenvalue weighted by Gasteiger charge is -2.34. The summed E-state index contributed by atoms with van der Waals surface area (Å²) >= 11 is 0. The van der Waals surface area contributed by atoms with Gasteiger partial charge in [0.25, 0.3) is 5.91 Å². The summed E-state index contributed by atoms with van der Waals surface area (Å²) in [5.41, 5.74) is 7.94. The molecular formula is C26H30N8O3. The summed E-state index contributed by atoms with van der Waals surface area (Å²) in [5.74, 6) is -0.0376. The Morgan fingerprint density at radius 1 is 1.14 bits per heavy atom. The Morgan fingerprint density at radius 3 is 2.51 bits per heavy atom. The van der Waals surface area contributed by atoms with Gasteiger partial charge in [-0.05, 0) is 49.9 Å². The Bertz CT molecular complexity index is 1290. The molecule has 192 valence electrons. The number of aromatic nitrogens is 3. The molecular weight excluding hydrogens is 472 g/mol. The van der Waals surface area contributed by atoms with E-state index in [4.69, 9.17) is 10.5 Å². The molecule has 3 aromatic rings. The molecule has 1 aromatic carbocycles. The fraction of sp³-hybridized carbons (Fsp3) is 0.269. The van der Waals surface area contributed by atoms with Crippen molar-refractivity contribution in [3.63, 3.8) is 0 Å². The van der Waals surface area contributed by atoms with E-state index in [9.17, 15) is 9.59 Å². The number of likely N-dealkylation sites (N-methyl/N-ethyl adjacent to an activating group) is 1. The van der Waals surface area contributed by atoms with Crippen molar-refractivity contribution in [3.05, 3.63) is 66.6 Å². The molecule has 0 spiro atoms. The third kappa shape index (κ3) is 6.39. The van der Waals surface area contributed by atoms with Crippen LogP contribution in [0.1, 0.15) is 23.1 Å². The topological polar surface area (TPSA) is 139 Å². The molecule has 2 amide bonds. The van der Waals surface area contributed by atoms with Gasteiger partial charge in [0.05, 0.1) is 0 Å². The first kappa shape index (κ1) is 25.6. The fourth-order valence-corrected chi connectivity index (χ4v) is 3.81. The molecule has 1 fully saturated rings. The van der Waals surface area contributed by atoms with Gasteiger partial charge in [0.2, 0.25) is 11.8 Å². The van der Waals surface area contributed by atoms with E-state index >= 15 is 0 Å². The van der Waals surface area contributed by atoms with Crippen molar-refractivity contribution in [2.75, 3.05) is 48.8 Å². The van der Waals surface area contributed by atoms with Crippen LogP contribution in [-0.4, -0.2) is 64.9 Å². The first-order valence-corrected chi connectivity index (χ1v) is 11.9. The highest BCUT2D eigenvalue weighted by Crippen LogP contribution is 2.29. The number of aryl methyl sites for hydroxylation is 1. The number of hydrogen-bond acceptors (Lipinski definition) is 9. The van der Waals surface area contributed by atoms with Crippen molar-refractivity contribution < 1.29 is 14.3 Å². The largest absolute Gasteiger partial charge is 0.437 e. The number of nitrogens with two attached hydrogens (primary N) is 1. The van der Waals surface area contributed by atoms with Crippen LogP contribution in [0.4, 0.5) is 23.0 Å². The number of benzene rings is 1. The molecule has 0 radical (unpaired) electrons. The van der Waals surface area contributed by atoms with Crippen molar-refractivity contribution in [2.45, 2.75) is 13.3 Å². The Hall–Kier alpha value is -4.51. The second-order valence-electron chi connectivity index (χ2n) is 8.52. The number of pyridine rings is 1. The van der Waals surface area contributed by atoms with Crippen LogP contribution < -0.4 is 26.0 Å². The second-order valence-corrected chi connectivity index (χ2v) is 8.52. The number of amides is 2. The Balaban J connectivity index is 1.58. The molecule has 11 heteroatoms. The molecule has 3 heterocycles. The monoisotopic (exact) mass is 502 g/mol. The summed E-state index contributed by atoms with van der Waals surface area (Å²) in [6, 6.07) is 11.1. The molecule has 0 aliphatic carbocycles. The second kappa shape index (κ2) is 11.5. The number of anilines is 4. The van der Waals surface area contributed by atoms with Gasteiger partial charge in [0.15, 0.2) is 11.5 Å². The van der Waals surface area contributed by atoms with Gasteiger partial charge < -0.3 is 30.9 Å². The van der Waals surface area contributed by atoms with Crippen LogP contribution in [0.3, 0.4) is 0 Å². The maximum atomic E-state index is 12.2. The number of nitrogens with one attached hydrogen (secondary N) is 2. The van der Waals surface area contributed by atoms with E-state index in [2.05, 4.69) is 49.0 Å². The summed E-state index contributed by atoms with van der Waals surface area (Å²) in [6.07, 6.45) is 3.09. The molecule has 0 saturated carbocycles. The number of primary amides is 1. The zero-order valence-corrected chi connectivity index (χ0v) is 20.9. The van der Waals surface area contributed by atoms with Crippen LogP contribution in [0.2, 0.25) is 0 Å². The third-order valence-electron chi connectivity index (χ3n) is 5.88. The molecule has 0 unspecified atom stereocenters. The summed E-state index contributed by atoms with van der Waals surface area (Å²) < 4.78 is 5.98. The van der Waals surface area contributed by atoms with Crippen LogP contribution in [0.5, 0.6) is 11.6 Å². The van der Waals surface area contributed by atoms with Crippen molar-refractivity contribution in [3.8, 4) is 11.6 Å². The van der Waals surface area contributed by atoms with E-state index in [0.717, 1.165) is 43.6 Å². The quantitative estimate of drug-likeness (QED) is 0.377. The predicted molar refractivity (Wildman–Crippen MR) is 143 cm³/mol. The zero-order chi connectivity index (χ0) is 26.4. The fourth-order valence-electron chi connectivity index (χ4n) is 3.81. The lowest BCUT2D eigenvalue weighted by atomic mass is 10.2. The van der Waals surface area contributed by atoms with Crippen LogP contribution >= 0.6 is 0 Å². The van der Waals surface area contributed by atoms with E-state index < -0.39 is 11.8 Å². The van der Waals surface area contributed by atoms with Gasteiger partial charge >= 0.3 is 0 Å². The van der Waals surface area contributed by atoms with E-state index in [0.29, 0.717) is 23.7 Å². The number of carbonyl (C=O) groups excluding carboxylic acids is 2. The van der Waals surface area contributed by atoms with Gasteiger partial charge in [-0.15, -0.1) is 0 Å². The van der Waals surface area contributed by atoms with E-state index in [1.165, 1.54) is 6.20 Å². The number of ether oxygens (including phenoxy) is 1. The van der Waals surface area contributed by atoms with Crippen molar-refractivity contribution in [1.29, 1.82) is 0 Å². The Labute approximate surface area is 215 Å². The molecule has 11 nitrogen and oxygen atoms in total. The average Bonchev–Trinajstić information content (AvgIpc) is 2.90. The minimum absolute atomic E-state index is 0.0148. The highest BCUT2D eigenvalue weighted by molar-refractivity contribution is 5.98. The minimum Gasteiger partial charge on any atom is -0.437 e. The van der Waals surface area contributed by atoms with E-state index in [1.54, 1.807) is 12.1 Å². The van der Waals surface area contributed by atoms with Gasteiger partial charge in [0, 0.05) is 49.8 Å². The van der Waals surface area contributed by atoms with E-state index in [-0.39, 0.29) is 17.4 Å². The van der Waals surface area contributed by atoms with Crippen LogP contribution in [0.15, 0.2) is 55.3 Å².